The quantitative estimate of drug-likeness (QED) is 0.637. The lowest BCUT2D eigenvalue weighted by molar-refractivity contribution is -0.120. The minimum Gasteiger partial charge on any atom is -0.493 e. The van der Waals surface area contributed by atoms with Crippen LogP contribution in [0.2, 0.25) is 0 Å². The number of amides is 2. The molecule has 1 aromatic carbocycles. The Kier molecular flexibility index (Phi) is 8.18. The number of nitrogens with zero attached hydrogens (tertiary/aromatic N) is 1. The fourth-order valence-corrected chi connectivity index (χ4v) is 2.29. The van der Waals surface area contributed by atoms with Crippen LogP contribution in [-0.2, 0) is 4.79 Å². The maximum Gasteiger partial charge on any atom is 0.255 e. The molecule has 0 saturated heterocycles. The fraction of sp³-hybridized carbons (Fsp3) is 0.556. The van der Waals surface area contributed by atoms with Crippen molar-refractivity contribution >= 4 is 11.8 Å². The smallest absolute Gasteiger partial charge is 0.255 e. The first-order valence-electron chi connectivity index (χ1n) is 8.39. The summed E-state index contributed by atoms with van der Waals surface area (Å²) in [4.78, 5) is 25.3. The van der Waals surface area contributed by atoms with Gasteiger partial charge < -0.3 is 30.6 Å². The van der Waals surface area contributed by atoms with E-state index in [9.17, 15) is 9.59 Å². The van der Waals surface area contributed by atoms with Crippen LogP contribution in [0.5, 0.6) is 17.2 Å². The van der Waals surface area contributed by atoms with E-state index in [1.54, 1.807) is 24.1 Å². The van der Waals surface area contributed by atoms with Crippen LogP contribution in [0.4, 0.5) is 0 Å². The van der Waals surface area contributed by atoms with Gasteiger partial charge in [-0.25, -0.2) is 0 Å². The van der Waals surface area contributed by atoms with E-state index in [0.29, 0.717) is 24.4 Å². The predicted octanol–water partition coefficient (Wildman–Crippen LogP) is 1.01. The lowest BCUT2D eigenvalue weighted by atomic mass is 10.0. The summed E-state index contributed by atoms with van der Waals surface area (Å²) in [5.74, 6) is 0.298. The highest BCUT2D eigenvalue weighted by atomic mass is 16.5. The molecule has 1 unspecified atom stereocenters. The fourth-order valence-electron chi connectivity index (χ4n) is 2.29. The summed E-state index contributed by atoms with van der Waals surface area (Å²) in [7, 11) is 4.59. The van der Waals surface area contributed by atoms with E-state index in [1.165, 1.54) is 14.2 Å². The summed E-state index contributed by atoms with van der Waals surface area (Å²) in [6, 6.07) is 3.11. The number of carbonyl (C=O) groups excluding carboxylic acids is 2. The lowest BCUT2D eigenvalue weighted by Gasteiger charge is -2.22. The van der Waals surface area contributed by atoms with Gasteiger partial charge in [-0.1, -0.05) is 13.8 Å². The van der Waals surface area contributed by atoms with Gasteiger partial charge in [0, 0.05) is 25.2 Å². The molecule has 0 bridgehead atoms. The van der Waals surface area contributed by atoms with Crippen molar-refractivity contribution in [1.29, 1.82) is 0 Å². The molecule has 0 saturated carbocycles. The maximum absolute atomic E-state index is 12.7. The number of nitrogens with two attached hydrogens (primary N) is 2. The zero-order valence-corrected chi connectivity index (χ0v) is 16.1. The third-order valence-electron chi connectivity index (χ3n) is 4.07. The number of rotatable bonds is 10. The van der Waals surface area contributed by atoms with E-state index in [2.05, 4.69) is 0 Å². The zero-order chi connectivity index (χ0) is 19.9. The van der Waals surface area contributed by atoms with Crippen LogP contribution < -0.4 is 25.7 Å². The molecule has 0 aliphatic carbocycles. The van der Waals surface area contributed by atoms with E-state index in [1.807, 2.05) is 13.8 Å². The van der Waals surface area contributed by atoms with Crippen LogP contribution in [-0.4, -0.2) is 57.2 Å². The van der Waals surface area contributed by atoms with E-state index >= 15 is 0 Å². The second-order valence-electron chi connectivity index (χ2n) is 6.39. The van der Waals surface area contributed by atoms with Gasteiger partial charge in [0.15, 0.2) is 18.1 Å². The van der Waals surface area contributed by atoms with Gasteiger partial charge >= 0.3 is 0 Å². The SMILES string of the molecule is COc1cc(C(=O)N(C)CCC(N)C(C)C)cc(OC)c1OCC(N)=O. The normalized spacial score (nSPS) is 11.8. The second kappa shape index (κ2) is 9.86. The van der Waals surface area contributed by atoms with Gasteiger partial charge in [-0.3, -0.25) is 9.59 Å². The Morgan fingerprint density at radius 3 is 2.12 bits per heavy atom. The van der Waals surface area contributed by atoms with Gasteiger partial charge in [0.1, 0.15) is 0 Å². The van der Waals surface area contributed by atoms with Crippen molar-refractivity contribution in [2.24, 2.45) is 17.4 Å². The van der Waals surface area contributed by atoms with Crippen molar-refractivity contribution in [1.82, 2.24) is 4.90 Å². The third-order valence-corrected chi connectivity index (χ3v) is 4.07. The second-order valence-corrected chi connectivity index (χ2v) is 6.39. The Morgan fingerprint density at radius 1 is 1.15 bits per heavy atom. The molecule has 4 N–H and O–H groups in total. The molecule has 1 rings (SSSR count). The first kappa shape index (κ1) is 21.6. The number of methoxy groups -OCH3 is 2. The molecule has 1 aromatic rings. The van der Waals surface area contributed by atoms with Crippen molar-refractivity contribution < 1.29 is 23.8 Å². The molecule has 146 valence electrons. The highest BCUT2D eigenvalue weighted by Crippen LogP contribution is 2.38. The van der Waals surface area contributed by atoms with Crippen LogP contribution in [0.1, 0.15) is 30.6 Å². The van der Waals surface area contributed by atoms with Gasteiger partial charge in [-0.05, 0) is 24.5 Å². The Morgan fingerprint density at radius 2 is 1.69 bits per heavy atom. The van der Waals surface area contributed by atoms with Crippen LogP contribution >= 0.6 is 0 Å². The largest absolute Gasteiger partial charge is 0.493 e. The number of benzene rings is 1. The summed E-state index contributed by atoms with van der Waals surface area (Å²) in [5.41, 5.74) is 11.5. The molecule has 2 amide bonds. The van der Waals surface area contributed by atoms with Crippen molar-refractivity contribution in [2.75, 3.05) is 34.4 Å². The minimum absolute atomic E-state index is 0.0268. The number of carbonyl (C=O) groups is 2. The summed E-state index contributed by atoms with van der Waals surface area (Å²) in [6.07, 6.45) is 0.702. The van der Waals surface area contributed by atoms with Gasteiger partial charge in [-0.15, -0.1) is 0 Å². The molecule has 0 fully saturated rings. The summed E-state index contributed by atoms with van der Waals surface area (Å²) < 4.78 is 15.9. The number of hydrogen-bond donors (Lipinski definition) is 2. The monoisotopic (exact) mass is 367 g/mol. The molecule has 0 radical (unpaired) electrons. The van der Waals surface area contributed by atoms with Crippen LogP contribution in [0.25, 0.3) is 0 Å². The topological polar surface area (TPSA) is 117 Å². The molecule has 26 heavy (non-hydrogen) atoms. The Labute approximate surface area is 154 Å². The van der Waals surface area contributed by atoms with Crippen molar-refractivity contribution in [2.45, 2.75) is 26.3 Å². The van der Waals surface area contributed by atoms with Crippen LogP contribution in [0.15, 0.2) is 12.1 Å². The minimum atomic E-state index is -0.629. The Hall–Kier alpha value is -2.48. The molecule has 8 nitrogen and oxygen atoms in total. The molecule has 0 aromatic heterocycles. The average molecular weight is 367 g/mol. The molecule has 0 aliphatic rings. The first-order valence-corrected chi connectivity index (χ1v) is 8.39. The highest BCUT2D eigenvalue weighted by molar-refractivity contribution is 5.95. The summed E-state index contributed by atoms with van der Waals surface area (Å²) >= 11 is 0. The summed E-state index contributed by atoms with van der Waals surface area (Å²) in [6.45, 7) is 4.30. The van der Waals surface area contributed by atoms with E-state index in [4.69, 9.17) is 25.7 Å². The molecule has 8 heteroatoms. The number of ether oxygens (including phenoxy) is 3. The van der Waals surface area contributed by atoms with Gasteiger partial charge in [0.25, 0.3) is 11.8 Å². The van der Waals surface area contributed by atoms with E-state index in [0.717, 1.165) is 0 Å². The lowest BCUT2D eigenvalue weighted by Crippen LogP contribution is -2.34. The summed E-state index contributed by atoms with van der Waals surface area (Å²) in [5, 5.41) is 0. The Balaban J connectivity index is 3.01. The molecule has 0 spiro atoms. The van der Waals surface area contributed by atoms with Gasteiger partial charge in [0.05, 0.1) is 14.2 Å². The molecular weight excluding hydrogens is 338 g/mol. The third kappa shape index (κ3) is 5.80. The first-order chi connectivity index (χ1) is 12.2. The molecule has 0 heterocycles. The van der Waals surface area contributed by atoms with E-state index < -0.39 is 5.91 Å². The Bertz CT molecular complexity index is 608. The number of hydrogen-bond acceptors (Lipinski definition) is 6. The van der Waals surface area contributed by atoms with Crippen molar-refractivity contribution in [3.05, 3.63) is 17.7 Å². The standard InChI is InChI=1S/C18H29N3O5/c1-11(2)13(19)6-7-21(3)18(23)12-8-14(24-4)17(15(9-12)25-5)26-10-16(20)22/h8-9,11,13H,6-7,10,19H2,1-5H3,(H2,20,22). The van der Waals surface area contributed by atoms with E-state index in [-0.39, 0.29) is 35.8 Å². The van der Waals surface area contributed by atoms with Crippen molar-refractivity contribution in [3.8, 4) is 17.2 Å². The molecular formula is C18H29N3O5. The number of primary amides is 1. The maximum atomic E-state index is 12.7. The molecule has 0 aliphatic heterocycles. The zero-order valence-electron chi connectivity index (χ0n) is 16.1. The van der Waals surface area contributed by atoms with Crippen LogP contribution in [0, 0.1) is 5.92 Å². The molecule has 1 atom stereocenters. The highest BCUT2D eigenvalue weighted by Gasteiger charge is 2.21. The van der Waals surface area contributed by atoms with Gasteiger partial charge in [-0.2, -0.15) is 0 Å². The van der Waals surface area contributed by atoms with Gasteiger partial charge in [0.2, 0.25) is 5.75 Å². The van der Waals surface area contributed by atoms with Crippen molar-refractivity contribution in [3.63, 3.8) is 0 Å². The average Bonchev–Trinajstić information content (AvgIpc) is 2.62. The van der Waals surface area contributed by atoms with Crippen LogP contribution in [0.3, 0.4) is 0 Å². The predicted molar refractivity (Wildman–Crippen MR) is 98.6 cm³/mol.